The van der Waals surface area contributed by atoms with Crippen molar-refractivity contribution in [3.63, 3.8) is 0 Å². The van der Waals surface area contributed by atoms with Gasteiger partial charge in [0, 0.05) is 12.6 Å². The zero-order valence-corrected chi connectivity index (χ0v) is 8.03. The summed E-state index contributed by atoms with van der Waals surface area (Å²) in [6.45, 7) is 2.02. The van der Waals surface area contributed by atoms with Gasteiger partial charge in [-0.2, -0.15) is 0 Å². The Bertz CT molecular complexity index is 389. The second-order valence-electron chi connectivity index (χ2n) is 3.19. The average Bonchev–Trinajstić information content (AvgIpc) is 2.88. The number of H-pyrrole nitrogens is 1. The standard InChI is InChI=1S/C11H13NO2/c1-2-8-5-6-10(14-8)11(13)9-4-3-7-12-9/h3-7,11-13H,2H2,1H3. The van der Waals surface area contributed by atoms with Crippen LogP contribution in [0.4, 0.5) is 0 Å². The highest BCUT2D eigenvalue weighted by molar-refractivity contribution is 5.19. The van der Waals surface area contributed by atoms with Crippen LogP contribution in [0.25, 0.3) is 0 Å². The minimum Gasteiger partial charge on any atom is -0.463 e. The van der Waals surface area contributed by atoms with Gasteiger partial charge in [-0.05, 0) is 24.3 Å². The van der Waals surface area contributed by atoms with Crippen LogP contribution >= 0.6 is 0 Å². The molecule has 0 bridgehead atoms. The largest absolute Gasteiger partial charge is 0.463 e. The fraction of sp³-hybridized carbons (Fsp3) is 0.273. The highest BCUT2D eigenvalue weighted by atomic mass is 16.4. The summed E-state index contributed by atoms with van der Waals surface area (Å²) in [5.41, 5.74) is 0.752. The Labute approximate surface area is 82.4 Å². The Hall–Kier alpha value is -1.48. The van der Waals surface area contributed by atoms with Gasteiger partial charge in [-0.25, -0.2) is 0 Å². The molecule has 2 aromatic heterocycles. The van der Waals surface area contributed by atoms with Crippen molar-refractivity contribution in [2.24, 2.45) is 0 Å². The first-order chi connectivity index (χ1) is 6.81. The summed E-state index contributed by atoms with van der Waals surface area (Å²) in [6.07, 6.45) is 1.94. The summed E-state index contributed by atoms with van der Waals surface area (Å²) in [5, 5.41) is 9.86. The summed E-state index contributed by atoms with van der Waals surface area (Å²) < 4.78 is 5.45. The molecule has 0 radical (unpaired) electrons. The highest BCUT2D eigenvalue weighted by Gasteiger charge is 2.14. The molecule has 1 unspecified atom stereocenters. The van der Waals surface area contributed by atoms with Crippen LogP contribution in [0.15, 0.2) is 34.9 Å². The number of aliphatic hydroxyl groups is 1. The van der Waals surface area contributed by atoms with E-state index in [0.29, 0.717) is 5.76 Å². The third-order valence-corrected chi connectivity index (χ3v) is 2.22. The van der Waals surface area contributed by atoms with Gasteiger partial charge in [-0.15, -0.1) is 0 Å². The van der Waals surface area contributed by atoms with Crippen molar-refractivity contribution in [3.05, 3.63) is 47.7 Å². The highest BCUT2D eigenvalue weighted by Crippen LogP contribution is 2.22. The molecule has 3 nitrogen and oxygen atoms in total. The van der Waals surface area contributed by atoms with Gasteiger partial charge in [-0.1, -0.05) is 6.92 Å². The number of furan rings is 1. The number of aromatic nitrogens is 1. The van der Waals surface area contributed by atoms with Crippen LogP contribution in [-0.2, 0) is 6.42 Å². The van der Waals surface area contributed by atoms with Crippen LogP contribution in [0.3, 0.4) is 0 Å². The molecule has 3 heteroatoms. The van der Waals surface area contributed by atoms with Crippen molar-refractivity contribution in [2.45, 2.75) is 19.4 Å². The summed E-state index contributed by atoms with van der Waals surface area (Å²) in [4.78, 5) is 2.95. The Balaban J connectivity index is 2.23. The zero-order chi connectivity index (χ0) is 9.97. The minimum absolute atomic E-state index is 0.587. The monoisotopic (exact) mass is 191 g/mol. The summed E-state index contributed by atoms with van der Waals surface area (Å²) >= 11 is 0. The van der Waals surface area contributed by atoms with Crippen molar-refractivity contribution in [3.8, 4) is 0 Å². The first-order valence-corrected chi connectivity index (χ1v) is 4.71. The molecule has 2 rings (SSSR count). The molecular formula is C11H13NO2. The Morgan fingerprint density at radius 2 is 2.29 bits per heavy atom. The number of rotatable bonds is 3. The Morgan fingerprint density at radius 3 is 2.86 bits per heavy atom. The lowest BCUT2D eigenvalue weighted by atomic mass is 10.2. The van der Waals surface area contributed by atoms with Gasteiger partial charge in [0.05, 0.1) is 5.69 Å². The predicted molar refractivity (Wildman–Crippen MR) is 52.9 cm³/mol. The fourth-order valence-corrected chi connectivity index (χ4v) is 1.40. The molecule has 1 atom stereocenters. The maximum Gasteiger partial charge on any atom is 0.151 e. The third-order valence-electron chi connectivity index (χ3n) is 2.22. The molecule has 2 heterocycles. The van der Waals surface area contributed by atoms with E-state index >= 15 is 0 Å². The molecule has 2 aromatic rings. The summed E-state index contributed by atoms with van der Waals surface area (Å²) in [5.74, 6) is 1.48. The zero-order valence-electron chi connectivity index (χ0n) is 8.03. The molecule has 0 amide bonds. The van der Waals surface area contributed by atoms with Crippen molar-refractivity contribution < 1.29 is 9.52 Å². The number of aromatic amines is 1. The van der Waals surface area contributed by atoms with E-state index in [-0.39, 0.29) is 0 Å². The molecule has 0 saturated carbocycles. The molecule has 74 valence electrons. The quantitative estimate of drug-likeness (QED) is 0.781. The van der Waals surface area contributed by atoms with Crippen LogP contribution in [-0.4, -0.2) is 10.1 Å². The maximum atomic E-state index is 9.86. The van der Waals surface area contributed by atoms with E-state index in [2.05, 4.69) is 4.98 Å². The predicted octanol–water partition coefficient (Wildman–Crippen LogP) is 2.25. The van der Waals surface area contributed by atoms with Gasteiger partial charge in [0.2, 0.25) is 0 Å². The van der Waals surface area contributed by atoms with Gasteiger partial charge >= 0.3 is 0 Å². The number of hydrogen-bond donors (Lipinski definition) is 2. The van der Waals surface area contributed by atoms with Crippen LogP contribution in [0.2, 0.25) is 0 Å². The number of hydrogen-bond acceptors (Lipinski definition) is 2. The number of nitrogens with one attached hydrogen (secondary N) is 1. The Kier molecular flexibility index (Phi) is 2.41. The van der Waals surface area contributed by atoms with E-state index < -0.39 is 6.10 Å². The molecule has 14 heavy (non-hydrogen) atoms. The van der Waals surface area contributed by atoms with Crippen molar-refractivity contribution in [1.29, 1.82) is 0 Å². The van der Waals surface area contributed by atoms with E-state index in [4.69, 9.17) is 4.42 Å². The lowest BCUT2D eigenvalue weighted by Crippen LogP contribution is -1.97. The van der Waals surface area contributed by atoms with Crippen molar-refractivity contribution >= 4 is 0 Å². The molecule has 0 aromatic carbocycles. The SMILES string of the molecule is CCc1ccc(C(O)c2ccc[nH]2)o1. The molecule has 0 fully saturated rings. The van der Waals surface area contributed by atoms with Crippen molar-refractivity contribution in [2.75, 3.05) is 0 Å². The molecule has 0 spiro atoms. The third kappa shape index (κ3) is 1.59. The number of aryl methyl sites for hydroxylation is 1. The van der Waals surface area contributed by atoms with Gasteiger partial charge in [-0.3, -0.25) is 0 Å². The van der Waals surface area contributed by atoms with E-state index in [9.17, 15) is 5.11 Å². The summed E-state index contributed by atoms with van der Waals surface area (Å²) in [6, 6.07) is 7.38. The first-order valence-electron chi connectivity index (χ1n) is 4.71. The van der Waals surface area contributed by atoms with E-state index in [1.54, 1.807) is 6.20 Å². The van der Waals surface area contributed by atoms with E-state index in [1.165, 1.54) is 0 Å². The van der Waals surface area contributed by atoms with Gasteiger partial charge in [0.1, 0.15) is 11.5 Å². The fourth-order valence-electron chi connectivity index (χ4n) is 1.40. The molecule has 2 N–H and O–H groups in total. The van der Waals surface area contributed by atoms with Crippen molar-refractivity contribution in [1.82, 2.24) is 4.98 Å². The van der Waals surface area contributed by atoms with E-state index in [1.807, 2.05) is 31.2 Å². The topological polar surface area (TPSA) is 49.2 Å². The second kappa shape index (κ2) is 3.72. The molecule has 0 saturated heterocycles. The van der Waals surface area contributed by atoms with Gasteiger partial charge < -0.3 is 14.5 Å². The number of aliphatic hydroxyl groups excluding tert-OH is 1. The van der Waals surface area contributed by atoms with Crippen LogP contribution < -0.4 is 0 Å². The van der Waals surface area contributed by atoms with Crippen LogP contribution in [0, 0.1) is 0 Å². The molecule has 0 aliphatic heterocycles. The minimum atomic E-state index is -0.690. The smallest absolute Gasteiger partial charge is 0.151 e. The summed E-state index contributed by atoms with van der Waals surface area (Å²) in [7, 11) is 0. The maximum absolute atomic E-state index is 9.86. The first kappa shape index (κ1) is 9.09. The van der Waals surface area contributed by atoms with Crippen LogP contribution in [0.1, 0.15) is 30.2 Å². The molecule has 0 aliphatic carbocycles. The average molecular weight is 191 g/mol. The van der Waals surface area contributed by atoms with Crippen LogP contribution in [0.5, 0.6) is 0 Å². The van der Waals surface area contributed by atoms with Gasteiger partial charge in [0.15, 0.2) is 6.10 Å². The molecular weight excluding hydrogens is 178 g/mol. The Morgan fingerprint density at radius 1 is 1.43 bits per heavy atom. The van der Waals surface area contributed by atoms with Gasteiger partial charge in [0.25, 0.3) is 0 Å². The normalized spacial score (nSPS) is 13.0. The lowest BCUT2D eigenvalue weighted by molar-refractivity contribution is 0.183. The lowest BCUT2D eigenvalue weighted by Gasteiger charge is -2.04. The molecule has 0 aliphatic rings. The van der Waals surface area contributed by atoms with E-state index in [0.717, 1.165) is 17.9 Å². The second-order valence-corrected chi connectivity index (χ2v) is 3.19.